The summed E-state index contributed by atoms with van der Waals surface area (Å²) in [6.45, 7) is 3.78. The van der Waals surface area contributed by atoms with Gasteiger partial charge in [-0.05, 0) is 49.6 Å². The van der Waals surface area contributed by atoms with Crippen molar-refractivity contribution in [1.29, 1.82) is 0 Å². The van der Waals surface area contributed by atoms with Gasteiger partial charge in [-0.25, -0.2) is 15.0 Å². The van der Waals surface area contributed by atoms with Crippen LogP contribution in [0.4, 0.5) is 0 Å². The minimum Gasteiger partial charge on any atom is -0.454 e. The lowest BCUT2D eigenvalue weighted by Gasteiger charge is -2.14. The normalized spacial score (nSPS) is 17.2. The zero-order valence-corrected chi connectivity index (χ0v) is 19.2. The van der Waals surface area contributed by atoms with E-state index >= 15 is 0 Å². The molecule has 0 bridgehead atoms. The van der Waals surface area contributed by atoms with Crippen LogP contribution in [0.3, 0.4) is 0 Å². The second-order valence-corrected chi connectivity index (χ2v) is 9.07. The lowest BCUT2D eigenvalue weighted by atomic mass is 10.2. The van der Waals surface area contributed by atoms with Crippen molar-refractivity contribution in [2.45, 2.75) is 39.0 Å². The second-order valence-electron chi connectivity index (χ2n) is 9.07. The fourth-order valence-corrected chi connectivity index (χ4v) is 5.08. The summed E-state index contributed by atoms with van der Waals surface area (Å²) >= 11 is 0. The van der Waals surface area contributed by atoms with Crippen molar-refractivity contribution in [3.05, 3.63) is 64.2 Å². The highest BCUT2D eigenvalue weighted by molar-refractivity contribution is 6.04. The molecule has 2 aliphatic heterocycles. The summed E-state index contributed by atoms with van der Waals surface area (Å²) < 4.78 is 20.5. The molecule has 2 aromatic carbocycles. The highest BCUT2D eigenvalue weighted by atomic mass is 16.7. The van der Waals surface area contributed by atoms with Crippen LogP contribution in [0.5, 0.6) is 11.5 Å². The van der Waals surface area contributed by atoms with E-state index in [2.05, 4.69) is 0 Å². The molecule has 1 atom stereocenters. The van der Waals surface area contributed by atoms with Gasteiger partial charge in [-0.3, -0.25) is 9.36 Å². The van der Waals surface area contributed by atoms with Gasteiger partial charge in [0.15, 0.2) is 22.8 Å². The lowest BCUT2D eigenvalue weighted by Crippen LogP contribution is -2.29. The molecule has 0 spiro atoms. The van der Waals surface area contributed by atoms with Gasteiger partial charge < -0.3 is 18.8 Å². The Labute approximate surface area is 199 Å². The van der Waals surface area contributed by atoms with Crippen molar-refractivity contribution in [3.8, 4) is 11.5 Å². The van der Waals surface area contributed by atoms with Crippen molar-refractivity contribution in [3.63, 3.8) is 0 Å². The van der Waals surface area contributed by atoms with Crippen molar-refractivity contribution in [1.82, 2.24) is 24.1 Å². The molecule has 0 radical (unpaired) electrons. The van der Waals surface area contributed by atoms with E-state index in [1.54, 1.807) is 4.57 Å². The Morgan fingerprint density at radius 2 is 1.80 bits per heavy atom. The molecule has 35 heavy (non-hydrogen) atoms. The van der Waals surface area contributed by atoms with Crippen LogP contribution in [-0.2, 0) is 17.8 Å². The summed E-state index contributed by atoms with van der Waals surface area (Å²) in [7, 11) is 0. The lowest BCUT2D eigenvalue weighted by molar-refractivity contribution is 0.0955. The maximum absolute atomic E-state index is 13.9. The van der Waals surface area contributed by atoms with Crippen molar-refractivity contribution in [2.24, 2.45) is 0 Å². The number of hydrogen-bond donors (Lipinski definition) is 0. The minimum atomic E-state index is -0.109. The fraction of sp³-hybridized carbons (Fsp3) is 0.308. The molecule has 7 rings (SSSR count). The monoisotopic (exact) mass is 469 g/mol. The van der Waals surface area contributed by atoms with Crippen LogP contribution in [0.2, 0.25) is 0 Å². The molecule has 9 nitrogen and oxygen atoms in total. The van der Waals surface area contributed by atoms with Gasteiger partial charge in [0.1, 0.15) is 16.7 Å². The van der Waals surface area contributed by atoms with Gasteiger partial charge in [-0.1, -0.05) is 18.2 Å². The summed E-state index contributed by atoms with van der Waals surface area (Å²) in [5.41, 5.74) is 4.18. The average molecular weight is 470 g/mol. The maximum Gasteiger partial charge on any atom is 0.265 e. The van der Waals surface area contributed by atoms with Crippen LogP contribution < -0.4 is 15.0 Å². The Balaban J connectivity index is 1.47. The molecule has 1 unspecified atom stereocenters. The number of para-hydroxylation sites is 2. The number of hydrogen-bond acceptors (Lipinski definition) is 7. The Kier molecular flexibility index (Phi) is 4.53. The van der Waals surface area contributed by atoms with Crippen molar-refractivity contribution in [2.75, 3.05) is 13.4 Å². The minimum absolute atomic E-state index is 0.0274. The van der Waals surface area contributed by atoms with Crippen LogP contribution >= 0.6 is 0 Å². The van der Waals surface area contributed by atoms with E-state index < -0.39 is 0 Å². The van der Waals surface area contributed by atoms with Crippen molar-refractivity contribution < 1.29 is 14.2 Å². The molecule has 9 heteroatoms. The van der Waals surface area contributed by atoms with Crippen LogP contribution in [0.15, 0.2) is 47.3 Å². The van der Waals surface area contributed by atoms with E-state index in [1.165, 1.54) is 0 Å². The number of ether oxygens (including phenoxy) is 3. The van der Waals surface area contributed by atoms with Gasteiger partial charge in [0.05, 0.1) is 30.2 Å². The third-order valence-corrected chi connectivity index (χ3v) is 6.83. The molecular formula is C26H23N5O4. The molecule has 0 N–H and O–H groups in total. The van der Waals surface area contributed by atoms with E-state index in [-0.39, 0.29) is 18.5 Å². The van der Waals surface area contributed by atoms with Crippen LogP contribution in [0.1, 0.15) is 24.2 Å². The van der Waals surface area contributed by atoms with Gasteiger partial charge in [0.2, 0.25) is 6.79 Å². The first-order valence-electron chi connectivity index (χ1n) is 11.8. The van der Waals surface area contributed by atoms with Crippen LogP contribution in [-0.4, -0.2) is 43.6 Å². The molecule has 5 heterocycles. The standard InChI is InChI=1S/C26H23N5O4/c1-15-27-24-22(26(32)30(15)13-17-5-4-10-33-17)23-25(29-19-7-3-2-6-18(19)28-23)31(24)12-16-8-9-20-21(11-16)35-14-34-20/h2-3,6-9,11,17H,4-5,10,12-14H2,1H3. The molecule has 0 amide bonds. The van der Waals surface area contributed by atoms with Gasteiger partial charge in [-0.15, -0.1) is 0 Å². The first-order chi connectivity index (χ1) is 17.2. The van der Waals surface area contributed by atoms with E-state index in [4.69, 9.17) is 29.2 Å². The number of rotatable bonds is 4. The van der Waals surface area contributed by atoms with Crippen LogP contribution in [0, 0.1) is 6.92 Å². The summed E-state index contributed by atoms with van der Waals surface area (Å²) in [6, 6.07) is 13.6. The zero-order chi connectivity index (χ0) is 23.5. The Morgan fingerprint density at radius 3 is 2.63 bits per heavy atom. The molecule has 176 valence electrons. The number of benzene rings is 2. The Hall–Kier alpha value is -3.98. The molecule has 1 saturated heterocycles. The van der Waals surface area contributed by atoms with Gasteiger partial charge in [-0.2, -0.15) is 0 Å². The Bertz CT molecular complexity index is 1680. The first kappa shape index (κ1) is 20.4. The third-order valence-electron chi connectivity index (χ3n) is 6.83. The van der Waals surface area contributed by atoms with Gasteiger partial charge >= 0.3 is 0 Å². The van der Waals surface area contributed by atoms with Crippen molar-refractivity contribution >= 4 is 33.2 Å². The van der Waals surface area contributed by atoms with E-state index in [9.17, 15) is 4.79 Å². The summed E-state index contributed by atoms with van der Waals surface area (Å²) in [6.07, 6.45) is 1.99. The number of nitrogens with zero attached hydrogens (tertiary/aromatic N) is 5. The highest BCUT2D eigenvalue weighted by Gasteiger charge is 2.24. The molecule has 0 aliphatic carbocycles. The Morgan fingerprint density at radius 1 is 0.971 bits per heavy atom. The maximum atomic E-state index is 13.9. The largest absolute Gasteiger partial charge is 0.454 e. The van der Waals surface area contributed by atoms with E-state index in [0.717, 1.165) is 41.8 Å². The molecule has 0 saturated carbocycles. The van der Waals surface area contributed by atoms with Gasteiger partial charge in [0.25, 0.3) is 5.56 Å². The number of aryl methyl sites for hydroxylation is 1. The molecular weight excluding hydrogens is 446 g/mol. The summed E-state index contributed by atoms with van der Waals surface area (Å²) in [4.78, 5) is 28.6. The highest BCUT2D eigenvalue weighted by Crippen LogP contribution is 2.34. The molecule has 3 aromatic heterocycles. The molecule has 1 fully saturated rings. The quantitative estimate of drug-likeness (QED) is 0.397. The number of fused-ring (bicyclic) bond motifs is 5. The van der Waals surface area contributed by atoms with E-state index in [0.29, 0.717) is 46.9 Å². The smallest absolute Gasteiger partial charge is 0.265 e. The summed E-state index contributed by atoms with van der Waals surface area (Å²) in [5, 5.41) is 0.489. The molecule has 2 aliphatic rings. The first-order valence-corrected chi connectivity index (χ1v) is 11.8. The van der Waals surface area contributed by atoms with E-state index in [1.807, 2.05) is 54.0 Å². The third kappa shape index (κ3) is 3.26. The zero-order valence-electron chi connectivity index (χ0n) is 19.2. The molecule has 5 aromatic rings. The predicted octanol–water partition coefficient (Wildman–Crippen LogP) is 3.56. The van der Waals surface area contributed by atoms with Crippen LogP contribution in [0.25, 0.3) is 33.2 Å². The summed E-state index contributed by atoms with van der Waals surface area (Å²) in [5.74, 6) is 2.09. The second kappa shape index (κ2) is 7.78. The average Bonchev–Trinajstić information content (AvgIpc) is 3.61. The SMILES string of the molecule is Cc1nc2c(c(=O)n1CC1CCCO1)c1nc3ccccc3nc1n2Cc1ccc2c(c1)OCO2. The number of aromatic nitrogens is 5. The van der Waals surface area contributed by atoms with Gasteiger partial charge in [0, 0.05) is 6.61 Å². The topological polar surface area (TPSA) is 93.3 Å². The predicted molar refractivity (Wildman–Crippen MR) is 130 cm³/mol. The fourth-order valence-electron chi connectivity index (χ4n) is 5.08.